The van der Waals surface area contributed by atoms with Gasteiger partial charge in [-0.25, -0.2) is 14.8 Å². The molecule has 1 aliphatic heterocycles. The molecule has 1 atom stereocenters. The lowest BCUT2D eigenvalue weighted by Gasteiger charge is -2.31. The van der Waals surface area contributed by atoms with Crippen LogP contribution in [0.25, 0.3) is 22.3 Å². The van der Waals surface area contributed by atoms with Gasteiger partial charge in [-0.3, -0.25) is 9.78 Å². The van der Waals surface area contributed by atoms with E-state index in [0.29, 0.717) is 35.8 Å². The first-order chi connectivity index (χ1) is 13.2. The van der Waals surface area contributed by atoms with Crippen LogP contribution in [0.5, 0.6) is 0 Å². The van der Waals surface area contributed by atoms with Crippen molar-refractivity contribution in [3.63, 3.8) is 0 Å². The molecule has 5 rings (SSSR count). The van der Waals surface area contributed by atoms with Gasteiger partial charge in [0.2, 0.25) is 0 Å². The summed E-state index contributed by atoms with van der Waals surface area (Å²) in [6.07, 6.45) is 1.80. The number of piperidine rings is 1. The van der Waals surface area contributed by atoms with E-state index >= 15 is 0 Å². The molecular formula is C19H17N5O3. The van der Waals surface area contributed by atoms with Gasteiger partial charge in [-0.05, 0) is 37.1 Å². The second-order valence-corrected chi connectivity index (χ2v) is 6.78. The number of nitrogens with zero attached hydrogens (tertiary/aromatic N) is 3. The van der Waals surface area contributed by atoms with E-state index in [0.717, 1.165) is 23.9 Å². The fourth-order valence-corrected chi connectivity index (χ4v) is 3.63. The van der Waals surface area contributed by atoms with Gasteiger partial charge in [-0.2, -0.15) is 0 Å². The number of amides is 1. The maximum absolute atomic E-state index is 12.9. The Morgan fingerprint density at radius 2 is 2.04 bits per heavy atom. The van der Waals surface area contributed by atoms with Crippen molar-refractivity contribution in [2.75, 3.05) is 13.1 Å². The molecule has 4 aromatic rings. The first-order valence-electron chi connectivity index (χ1n) is 8.91. The Hall–Kier alpha value is -3.42. The maximum atomic E-state index is 12.9. The highest BCUT2D eigenvalue weighted by atomic mass is 16.3. The Kier molecular flexibility index (Phi) is 3.56. The molecule has 1 saturated heterocycles. The number of aromatic nitrogens is 4. The molecule has 1 unspecified atom stereocenters. The average molecular weight is 363 g/mol. The van der Waals surface area contributed by atoms with Crippen LogP contribution in [0.1, 0.15) is 35.1 Å². The number of para-hydroxylation sites is 2. The van der Waals surface area contributed by atoms with E-state index in [1.165, 1.54) is 0 Å². The minimum atomic E-state index is -0.337. The van der Waals surface area contributed by atoms with Crippen LogP contribution >= 0.6 is 0 Å². The molecule has 8 nitrogen and oxygen atoms in total. The third-order valence-electron chi connectivity index (χ3n) is 4.96. The fourth-order valence-electron chi connectivity index (χ4n) is 3.63. The van der Waals surface area contributed by atoms with Crippen LogP contribution in [-0.4, -0.2) is 43.8 Å². The van der Waals surface area contributed by atoms with Gasteiger partial charge in [0.05, 0.1) is 11.4 Å². The van der Waals surface area contributed by atoms with E-state index in [-0.39, 0.29) is 17.5 Å². The molecule has 4 heterocycles. The van der Waals surface area contributed by atoms with Crippen molar-refractivity contribution < 1.29 is 9.21 Å². The smallest absolute Gasteiger partial charge is 0.325 e. The van der Waals surface area contributed by atoms with Crippen molar-refractivity contribution in [2.24, 2.45) is 0 Å². The number of imidazole rings is 1. The van der Waals surface area contributed by atoms with Gasteiger partial charge in [-0.15, -0.1) is 0 Å². The molecule has 1 amide bonds. The van der Waals surface area contributed by atoms with E-state index in [1.54, 1.807) is 17.0 Å². The number of rotatable bonds is 2. The first kappa shape index (κ1) is 15.8. The minimum absolute atomic E-state index is 0.0610. The molecule has 0 bridgehead atoms. The predicted octanol–water partition coefficient (Wildman–Crippen LogP) is 2.41. The lowest BCUT2D eigenvalue weighted by molar-refractivity contribution is 0.0693. The maximum Gasteiger partial charge on any atom is 0.325 e. The summed E-state index contributed by atoms with van der Waals surface area (Å²) < 4.78 is 5.89. The molecule has 0 saturated carbocycles. The van der Waals surface area contributed by atoms with Gasteiger partial charge < -0.3 is 14.3 Å². The second-order valence-electron chi connectivity index (χ2n) is 6.78. The summed E-state index contributed by atoms with van der Waals surface area (Å²) in [7, 11) is 0. The summed E-state index contributed by atoms with van der Waals surface area (Å²) >= 11 is 0. The van der Waals surface area contributed by atoms with Gasteiger partial charge in [0, 0.05) is 13.1 Å². The van der Waals surface area contributed by atoms with E-state index in [1.807, 2.05) is 24.3 Å². The van der Waals surface area contributed by atoms with E-state index in [4.69, 9.17) is 4.42 Å². The monoisotopic (exact) mass is 363 g/mol. The number of aromatic amines is 2. The molecule has 8 heteroatoms. The summed E-state index contributed by atoms with van der Waals surface area (Å²) in [6.45, 7) is 1.20. The van der Waals surface area contributed by atoms with E-state index in [9.17, 15) is 9.59 Å². The molecule has 1 aromatic carbocycles. The highest BCUT2D eigenvalue weighted by Gasteiger charge is 2.29. The summed E-state index contributed by atoms with van der Waals surface area (Å²) in [6, 6.07) is 11.0. The zero-order valence-electron chi connectivity index (χ0n) is 14.4. The number of hydrogen-bond acceptors (Lipinski definition) is 5. The fraction of sp³-hybridized carbons (Fsp3) is 0.263. The molecule has 136 valence electrons. The van der Waals surface area contributed by atoms with Crippen LogP contribution in [0.3, 0.4) is 0 Å². The lowest BCUT2D eigenvalue weighted by Crippen LogP contribution is -2.39. The summed E-state index contributed by atoms with van der Waals surface area (Å²) in [5, 5.41) is 0. The lowest BCUT2D eigenvalue weighted by atomic mass is 9.97. The van der Waals surface area contributed by atoms with Crippen molar-refractivity contribution in [3.8, 4) is 0 Å². The summed E-state index contributed by atoms with van der Waals surface area (Å²) in [5.74, 6) is 0.581. The Labute approximate surface area is 153 Å². The Bertz CT molecular complexity index is 1170. The molecule has 3 aromatic heterocycles. The number of oxazole rings is 1. The van der Waals surface area contributed by atoms with Crippen LogP contribution < -0.4 is 5.69 Å². The zero-order valence-corrected chi connectivity index (χ0v) is 14.4. The quantitative estimate of drug-likeness (QED) is 0.569. The Morgan fingerprint density at radius 3 is 2.93 bits per heavy atom. The molecule has 1 fully saturated rings. The van der Waals surface area contributed by atoms with Gasteiger partial charge in [0.15, 0.2) is 17.1 Å². The molecule has 1 aliphatic rings. The van der Waals surface area contributed by atoms with Crippen LogP contribution in [0.4, 0.5) is 0 Å². The molecule has 27 heavy (non-hydrogen) atoms. The molecular weight excluding hydrogens is 346 g/mol. The molecule has 0 radical (unpaired) electrons. The van der Waals surface area contributed by atoms with E-state index < -0.39 is 0 Å². The number of carbonyl (C=O) groups is 1. The largest absolute Gasteiger partial charge is 0.440 e. The topological polar surface area (TPSA) is 108 Å². The zero-order chi connectivity index (χ0) is 18.4. The average Bonchev–Trinajstić information content (AvgIpc) is 3.29. The number of H-pyrrole nitrogens is 2. The number of nitrogens with one attached hydrogen (secondary N) is 2. The number of carbonyl (C=O) groups excluding carboxylic acids is 1. The van der Waals surface area contributed by atoms with Gasteiger partial charge in [0.1, 0.15) is 11.2 Å². The van der Waals surface area contributed by atoms with E-state index in [2.05, 4.69) is 19.9 Å². The number of fused-ring (bicyclic) bond motifs is 2. The van der Waals surface area contributed by atoms with Gasteiger partial charge >= 0.3 is 5.69 Å². The first-order valence-corrected chi connectivity index (χ1v) is 8.91. The third-order valence-corrected chi connectivity index (χ3v) is 4.96. The number of likely N-dealkylation sites (tertiary alicyclic amines) is 1. The number of pyridine rings is 1. The molecule has 2 N–H and O–H groups in total. The second kappa shape index (κ2) is 6.08. The van der Waals surface area contributed by atoms with Gasteiger partial charge in [-0.1, -0.05) is 12.1 Å². The molecule has 0 spiro atoms. The highest BCUT2D eigenvalue weighted by Crippen LogP contribution is 2.29. The van der Waals surface area contributed by atoms with Crippen molar-refractivity contribution >= 4 is 28.2 Å². The van der Waals surface area contributed by atoms with Crippen molar-refractivity contribution in [1.29, 1.82) is 0 Å². The Morgan fingerprint density at radius 1 is 1.15 bits per heavy atom. The standard InChI is InChI=1S/C19H17N5O3/c25-18(14-8-7-13-16(20-14)23-19(26)22-13)24-9-3-4-11(10-24)17-21-12-5-1-2-6-15(12)27-17/h1-2,5-8,11H,3-4,9-10H2,(H2,20,22,23,26). The third kappa shape index (κ3) is 2.79. The number of benzene rings is 1. The van der Waals surface area contributed by atoms with Crippen molar-refractivity contribution in [2.45, 2.75) is 18.8 Å². The summed E-state index contributed by atoms with van der Waals surface area (Å²) in [5.41, 5.74) is 2.55. The molecule has 0 aliphatic carbocycles. The van der Waals surface area contributed by atoms with Crippen molar-refractivity contribution in [1.82, 2.24) is 24.8 Å². The highest BCUT2D eigenvalue weighted by molar-refractivity contribution is 5.94. The predicted molar refractivity (Wildman–Crippen MR) is 98.6 cm³/mol. The van der Waals surface area contributed by atoms with Crippen LogP contribution in [0, 0.1) is 0 Å². The van der Waals surface area contributed by atoms with Crippen LogP contribution in [0.2, 0.25) is 0 Å². The SMILES string of the molecule is O=C(c1ccc2[nH]c(=O)[nH]c2n1)N1CCCC(c2nc3ccccc3o2)C1. The number of hydrogen-bond donors (Lipinski definition) is 2. The van der Waals surface area contributed by atoms with Crippen LogP contribution in [-0.2, 0) is 0 Å². The van der Waals surface area contributed by atoms with Crippen LogP contribution in [0.15, 0.2) is 45.6 Å². The van der Waals surface area contributed by atoms with Crippen molar-refractivity contribution in [3.05, 3.63) is 58.5 Å². The summed E-state index contributed by atoms with van der Waals surface area (Å²) in [4.78, 5) is 40.2. The normalized spacial score (nSPS) is 17.6. The Balaban J connectivity index is 1.40. The van der Waals surface area contributed by atoms with Gasteiger partial charge in [0.25, 0.3) is 5.91 Å². The minimum Gasteiger partial charge on any atom is -0.440 e.